The summed E-state index contributed by atoms with van der Waals surface area (Å²) in [5.74, 6) is 1.17. The molecule has 0 bridgehead atoms. The van der Waals surface area contributed by atoms with Gasteiger partial charge in [0, 0.05) is 31.6 Å². The van der Waals surface area contributed by atoms with Crippen LogP contribution in [0.4, 0.5) is 11.6 Å². The lowest BCUT2D eigenvalue weighted by Gasteiger charge is -2.36. The predicted molar refractivity (Wildman–Crippen MR) is 95.2 cm³/mol. The van der Waals surface area contributed by atoms with Crippen molar-refractivity contribution in [1.29, 1.82) is 0 Å². The highest BCUT2D eigenvalue weighted by molar-refractivity contribution is 7.89. The number of hydrogen-bond donors (Lipinski definition) is 1. The summed E-state index contributed by atoms with van der Waals surface area (Å²) < 4.78 is 28.9. The second kappa shape index (κ2) is 6.30. The van der Waals surface area contributed by atoms with E-state index in [1.807, 2.05) is 36.6 Å². The van der Waals surface area contributed by atoms with Crippen molar-refractivity contribution in [2.24, 2.45) is 5.14 Å². The van der Waals surface area contributed by atoms with Crippen LogP contribution in [0.15, 0.2) is 33.7 Å². The van der Waals surface area contributed by atoms with E-state index in [-0.39, 0.29) is 10.3 Å². The summed E-state index contributed by atoms with van der Waals surface area (Å²) >= 11 is 0. The summed E-state index contributed by atoms with van der Waals surface area (Å²) in [6.07, 6.45) is 0. The van der Waals surface area contributed by atoms with E-state index in [4.69, 9.17) is 9.66 Å². The number of nitrogens with two attached hydrogens (primary N) is 1. The van der Waals surface area contributed by atoms with E-state index < -0.39 is 10.0 Å². The summed E-state index contributed by atoms with van der Waals surface area (Å²) in [5.41, 5.74) is 0.440. The van der Waals surface area contributed by atoms with E-state index >= 15 is 0 Å². The van der Waals surface area contributed by atoms with Crippen LogP contribution in [0.3, 0.4) is 0 Å². The van der Waals surface area contributed by atoms with Crippen LogP contribution in [-0.2, 0) is 15.4 Å². The van der Waals surface area contributed by atoms with Crippen molar-refractivity contribution in [3.63, 3.8) is 0 Å². The molecule has 2 heterocycles. The molecule has 3 rings (SSSR count). The van der Waals surface area contributed by atoms with Gasteiger partial charge in [0.1, 0.15) is 4.90 Å². The Morgan fingerprint density at radius 1 is 1.08 bits per heavy atom. The van der Waals surface area contributed by atoms with Crippen molar-refractivity contribution in [2.75, 3.05) is 36.0 Å². The van der Waals surface area contributed by atoms with Crippen LogP contribution >= 0.6 is 0 Å². The molecule has 1 aliphatic rings. The van der Waals surface area contributed by atoms with Gasteiger partial charge in [-0.25, -0.2) is 13.6 Å². The molecule has 2 N–H and O–H groups in total. The van der Waals surface area contributed by atoms with E-state index in [9.17, 15) is 8.42 Å². The topological polar surface area (TPSA) is 106 Å². The third-order valence-electron chi connectivity index (χ3n) is 4.13. The van der Waals surface area contributed by atoms with Crippen LogP contribution in [-0.4, -0.2) is 44.7 Å². The highest BCUT2D eigenvalue weighted by Crippen LogP contribution is 2.27. The molecule has 0 unspecified atom stereocenters. The molecule has 1 aromatic carbocycles. The molecule has 0 atom stereocenters. The van der Waals surface area contributed by atoms with Gasteiger partial charge in [-0.05, 0) is 17.3 Å². The first kappa shape index (κ1) is 17.7. The van der Waals surface area contributed by atoms with Crippen LogP contribution in [0.2, 0.25) is 0 Å². The molecule has 9 heteroatoms. The molecule has 0 amide bonds. The van der Waals surface area contributed by atoms with Gasteiger partial charge in [-0.15, -0.1) is 0 Å². The smallest absolute Gasteiger partial charge is 0.266 e. The fourth-order valence-electron chi connectivity index (χ4n) is 2.76. The van der Waals surface area contributed by atoms with Gasteiger partial charge in [0.05, 0.1) is 5.69 Å². The summed E-state index contributed by atoms with van der Waals surface area (Å²) in [4.78, 5) is 8.68. The fraction of sp³-hybridized carbons (Fsp3) is 0.500. The lowest BCUT2D eigenvalue weighted by molar-refractivity contribution is 0.320. The van der Waals surface area contributed by atoms with E-state index in [0.717, 1.165) is 0 Å². The molecule has 25 heavy (non-hydrogen) atoms. The molecule has 1 fully saturated rings. The van der Waals surface area contributed by atoms with Crippen molar-refractivity contribution < 1.29 is 12.9 Å². The first-order valence-electron chi connectivity index (χ1n) is 8.12. The average molecular weight is 365 g/mol. The molecule has 0 aliphatic carbocycles. The lowest BCUT2D eigenvalue weighted by Crippen LogP contribution is -2.47. The van der Waals surface area contributed by atoms with Crippen molar-refractivity contribution in [2.45, 2.75) is 31.1 Å². The van der Waals surface area contributed by atoms with E-state index in [1.54, 1.807) is 12.1 Å². The number of para-hydroxylation sites is 1. The highest BCUT2D eigenvalue weighted by Gasteiger charge is 2.27. The minimum Gasteiger partial charge on any atom is -0.367 e. The van der Waals surface area contributed by atoms with Crippen LogP contribution in [0.5, 0.6) is 0 Å². The Kier molecular flexibility index (Phi) is 4.46. The number of aromatic nitrogens is 2. The Bertz CT molecular complexity index is 849. The maximum atomic E-state index is 11.8. The zero-order chi connectivity index (χ0) is 18.2. The maximum Gasteiger partial charge on any atom is 0.266 e. The molecular formula is C16H23N5O3S. The number of hydrogen-bond acceptors (Lipinski definition) is 7. The third kappa shape index (κ3) is 3.77. The Balaban J connectivity index is 1.74. The van der Waals surface area contributed by atoms with Gasteiger partial charge in [-0.1, -0.05) is 32.9 Å². The minimum absolute atomic E-state index is 0.151. The number of nitrogens with zero attached hydrogens (tertiary/aromatic N) is 4. The van der Waals surface area contributed by atoms with Gasteiger partial charge in [0.15, 0.2) is 0 Å². The van der Waals surface area contributed by atoms with Crippen LogP contribution in [0.1, 0.15) is 26.7 Å². The largest absolute Gasteiger partial charge is 0.367 e. The Labute approximate surface area is 147 Å². The molecule has 136 valence electrons. The number of primary sulfonamides is 1. The summed E-state index contributed by atoms with van der Waals surface area (Å²) in [5, 5.41) is 9.40. The zero-order valence-electron chi connectivity index (χ0n) is 14.6. The van der Waals surface area contributed by atoms with E-state index in [0.29, 0.717) is 43.7 Å². The molecule has 0 spiro atoms. The van der Waals surface area contributed by atoms with Crippen molar-refractivity contribution in [3.05, 3.63) is 30.2 Å². The normalized spacial score (nSPS) is 16.3. The van der Waals surface area contributed by atoms with Crippen molar-refractivity contribution >= 4 is 21.7 Å². The number of sulfonamides is 1. The average Bonchev–Trinajstić information content (AvgIpc) is 3.04. The third-order valence-corrected chi connectivity index (χ3v) is 5.09. The zero-order valence-corrected chi connectivity index (χ0v) is 15.5. The second-order valence-corrected chi connectivity index (χ2v) is 8.67. The van der Waals surface area contributed by atoms with Gasteiger partial charge in [0.2, 0.25) is 15.9 Å². The summed E-state index contributed by atoms with van der Waals surface area (Å²) in [7, 11) is -3.76. The molecule has 2 aromatic rings. The molecular weight excluding hydrogens is 342 g/mol. The van der Waals surface area contributed by atoms with Crippen molar-refractivity contribution in [1.82, 2.24) is 10.1 Å². The molecule has 8 nitrogen and oxygen atoms in total. The first-order chi connectivity index (χ1) is 11.7. The maximum absolute atomic E-state index is 11.8. The Morgan fingerprint density at radius 3 is 2.24 bits per heavy atom. The van der Waals surface area contributed by atoms with Gasteiger partial charge < -0.3 is 14.3 Å². The number of rotatable bonds is 3. The van der Waals surface area contributed by atoms with Gasteiger partial charge >= 0.3 is 0 Å². The van der Waals surface area contributed by atoms with Gasteiger partial charge in [-0.3, -0.25) is 0 Å². The Morgan fingerprint density at radius 2 is 1.68 bits per heavy atom. The highest BCUT2D eigenvalue weighted by atomic mass is 32.2. The van der Waals surface area contributed by atoms with Gasteiger partial charge in [0.25, 0.3) is 5.95 Å². The summed E-state index contributed by atoms with van der Waals surface area (Å²) in [6.45, 7) is 8.69. The first-order valence-corrected chi connectivity index (χ1v) is 9.67. The van der Waals surface area contributed by atoms with Crippen LogP contribution in [0.25, 0.3) is 0 Å². The monoisotopic (exact) mass is 365 g/mol. The van der Waals surface area contributed by atoms with Crippen LogP contribution < -0.4 is 14.9 Å². The van der Waals surface area contributed by atoms with Gasteiger partial charge in [-0.2, -0.15) is 4.98 Å². The number of anilines is 2. The molecule has 1 aliphatic heterocycles. The summed E-state index contributed by atoms with van der Waals surface area (Å²) in [6, 6.07) is 6.80. The molecule has 0 saturated carbocycles. The number of piperazine rings is 1. The standard InChI is InChI=1S/C16H23N5O3S/c1-16(2,3)14-18-15(19-24-14)21-10-8-20(9-11-21)12-6-4-5-7-13(12)25(17,22)23/h4-7H,8-11H2,1-3H3,(H2,17,22,23). The molecule has 1 aromatic heterocycles. The number of benzene rings is 1. The predicted octanol–water partition coefficient (Wildman–Crippen LogP) is 1.34. The molecule has 1 saturated heterocycles. The SMILES string of the molecule is CC(C)(C)c1nc(N2CCN(c3ccccc3S(N)(=O)=O)CC2)no1. The lowest BCUT2D eigenvalue weighted by atomic mass is 9.97. The second-order valence-electron chi connectivity index (χ2n) is 7.14. The van der Waals surface area contributed by atoms with E-state index in [2.05, 4.69) is 10.1 Å². The van der Waals surface area contributed by atoms with E-state index in [1.165, 1.54) is 6.07 Å². The molecule has 0 radical (unpaired) electrons. The minimum atomic E-state index is -3.76. The Hall–Kier alpha value is -2.13. The fourth-order valence-corrected chi connectivity index (χ4v) is 3.51. The van der Waals surface area contributed by atoms with Crippen LogP contribution in [0, 0.1) is 0 Å². The quantitative estimate of drug-likeness (QED) is 0.875. The van der Waals surface area contributed by atoms with Crippen molar-refractivity contribution in [3.8, 4) is 0 Å².